The van der Waals surface area contributed by atoms with Crippen LogP contribution in [-0.2, 0) is 9.47 Å². The molecule has 5 rings (SSSR count). The van der Waals surface area contributed by atoms with E-state index in [9.17, 15) is 9.59 Å². The Labute approximate surface area is 199 Å². The van der Waals surface area contributed by atoms with Crippen molar-refractivity contribution in [2.75, 3.05) is 5.32 Å². The molecule has 0 unspecified atom stereocenters. The van der Waals surface area contributed by atoms with E-state index in [1.165, 1.54) is 17.2 Å². The van der Waals surface area contributed by atoms with E-state index < -0.39 is 30.6 Å². The quantitative estimate of drug-likeness (QED) is 0.421. The number of amides is 1. The molecule has 0 radical (unpaired) electrons. The SMILES string of the molecule is CC[C@H]1O[C@@H](n2cnc3c(NC(=O)c4ccccc4)ncnc32)[C@@H](F)[C@@H]1OC(=O)c1ccccc1. The van der Waals surface area contributed by atoms with Gasteiger partial charge in [0.2, 0.25) is 0 Å². The van der Waals surface area contributed by atoms with Crippen LogP contribution in [0.1, 0.15) is 40.3 Å². The fraction of sp³-hybridized carbons (Fsp3) is 0.240. The maximum atomic E-state index is 15.6. The zero-order chi connectivity index (χ0) is 24.4. The Morgan fingerprint density at radius 1 is 1.03 bits per heavy atom. The first-order valence-corrected chi connectivity index (χ1v) is 11.2. The highest BCUT2D eigenvalue weighted by atomic mass is 19.1. The number of ether oxygens (including phenoxy) is 2. The number of alkyl halides is 1. The Hall–Kier alpha value is -4.18. The largest absolute Gasteiger partial charge is 0.453 e. The summed E-state index contributed by atoms with van der Waals surface area (Å²) in [5.41, 5.74) is 1.35. The van der Waals surface area contributed by atoms with Gasteiger partial charge < -0.3 is 14.8 Å². The lowest BCUT2D eigenvalue weighted by atomic mass is 10.1. The highest BCUT2D eigenvalue weighted by molar-refractivity contribution is 6.06. The second-order valence-corrected chi connectivity index (χ2v) is 8.02. The van der Waals surface area contributed by atoms with E-state index in [0.717, 1.165) is 0 Å². The number of esters is 1. The summed E-state index contributed by atoms with van der Waals surface area (Å²) in [4.78, 5) is 37.8. The van der Waals surface area contributed by atoms with Crippen molar-refractivity contribution in [3.63, 3.8) is 0 Å². The Balaban J connectivity index is 1.39. The van der Waals surface area contributed by atoms with Gasteiger partial charge in [-0.05, 0) is 30.7 Å². The molecule has 35 heavy (non-hydrogen) atoms. The maximum absolute atomic E-state index is 15.6. The zero-order valence-electron chi connectivity index (χ0n) is 18.7. The number of hydrogen-bond donors (Lipinski definition) is 1. The molecule has 178 valence electrons. The van der Waals surface area contributed by atoms with Crippen LogP contribution in [0.3, 0.4) is 0 Å². The van der Waals surface area contributed by atoms with E-state index in [0.29, 0.717) is 17.5 Å². The molecule has 1 N–H and O–H groups in total. The van der Waals surface area contributed by atoms with Crippen LogP contribution < -0.4 is 5.32 Å². The first kappa shape index (κ1) is 22.6. The molecular formula is C25H22FN5O4. The Morgan fingerprint density at radius 2 is 1.71 bits per heavy atom. The number of anilines is 1. The molecule has 0 aliphatic carbocycles. The van der Waals surface area contributed by atoms with Crippen molar-refractivity contribution in [1.82, 2.24) is 19.5 Å². The molecule has 1 fully saturated rings. The monoisotopic (exact) mass is 475 g/mol. The van der Waals surface area contributed by atoms with E-state index in [4.69, 9.17) is 9.47 Å². The average Bonchev–Trinajstić information content (AvgIpc) is 3.46. The molecule has 2 aromatic carbocycles. The fourth-order valence-corrected chi connectivity index (χ4v) is 4.05. The molecule has 0 bridgehead atoms. The number of benzene rings is 2. The molecular weight excluding hydrogens is 453 g/mol. The van der Waals surface area contributed by atoms with Crippen molar-refractivity contribution >= 4 is 28.9 Å². The number of rotatable bonds is 6. The molecule has 0 saturated carbocycles. The molecule has 4 atom stereocenters. The van der Waals surface area contributed by atoms with Gasteiger partial charge in [-0.25, -0.2) is 24.1 Å². The van der Waals surface area contributed by atoms with Crippen LogP contribution >= 0.6 is 0 Å². The van der Waals surface area contributed by atoms with E-state index in [-0.39, 0.29) is 22.9 Å². The third kappa shape index (κ3) is 4.35. The van der Waals surface area contributed by atoms with Crippen molar-refractivity contribution in [2.24, 2.45) is 0 Å². The first-order chi connectivity index (χ1) is 17.1. The third-order valence-electron chi connectivity index (χ3n) is 5.82. The molecule has 9 nitrogen and oxygen atoms in total. The van der Waals surface area contributed by atoms with E-state index >= 15 is 4.39 Å². The van der Waals surface area contributed by atoms with Crippen LogP contribution in [0.4, 0.5) is 10.2 Å². The summed E-state index contributed by atoms with van der Waals surface area (Å²) >= 11 is 0. The van der Waals surface area contributed by atoms with Gasteiger partial charge in [0.15, 0.2) is 35.5 Å². The van der Waals surface area contributed by atoms with Gasteiger partial charge in [0.05, 0.1) is 11.9 Å². The molecule has 1 aliphatic rings. The Bertz CT molecular complexity index is 1350. The molecule has 2 aromatic heterocycles. The second-order valence-electron chi connectivity index (χ2n) is 8.02. The Kier molecular flexibility index (Phi) is 6.19. The summed E-state index contributed by atoms with van der Waals surface area (Å²) in [5, 5.41) is 2.72. The minimum absolute atomic E-state index is 0.190. The van der Waals surface area contributed by atoms with Crippen molar-refractivity contribution in [3.05, 3.63) is 84.4 Å². The summed E-state index contributed by atoms with van der Waals surface area (Å²) in [6, 6.07) is 17.1. The highest BCUT2D eigenvalue weighted by Crippen LogP contribution is 2.37. The van der Waals surface area contributed by atoms with E-state index in [1.807, 2.05) is 13.0 Å². The number of imidazole rings is 1. The van der Waals surface area contributed by atoms with Crippen LogP contribution in [0.25, 0.3) is 11.2 Å². The summed E-state index contributed by atoms with van der Waals surface area (Å²) in [6.07, 6.45) is -1.47. The molecule has 1 saturated heterocycles. The number of fused-ring (bicyclic) bond motifs is 1. The predicted molar refractivity (Wildman–Crippen MR) is 124 cm³/mol. The number of nitrogens with one attached hydrogen (secondary N) is 1. The van der Waals surface area contributed by atoms with Gasteiger partial charge in [0.1, 0.15) is 12.4 Å². The van der Waals surface area contributed by atoms with E-state index in [1.54, 1.807) is 54.6 Å². The lowest BCUT2D eigenvalue weighted by Crippen LogP contribution is -2.33. The normalized spacial score (nSPS) is 21.7. The van der Waals surface area contributed by atoms with Gasteiger partial charge in [-0.15, -0.1) is 0 Å². The van der Waals surface area contributed by atoms with Gasteiger partial charge >= 0.3 is 5.97 Å². The minimum Gasteiger partial charge on any atom is -0.453 e. The third-order valence-corrected chi connectivity index (χ3v) is 5.82. The number of carbonyl (C=O) groups excluding carboxylic acids is 2. The van der Waals surface area contributed by atoms with Crippen LogP contribution in [0.15, 0.2) is 73.3 Å². The zero-order valence-corrected chi connectivity index (χ0v) is 18.7. The number of halogens is 1. The van der Waals surface area contributed by atoms with Gasteiger partial charge in [0.25, 0.3) is 5.91 Å². The predicted octanol–water partition coefficient (Wildman–Crippen LogP) is 3.95. The van der Waals surface area contributed by atoms with Crippen molar-refractivity contribution in [3.8, 4) is 0 Å². The maximum Gasteiger partial charge on any atom is 0.338 e. The van der Waals surface area contributed by atoms with Crippen LogP contribution in [0.2, 0.25) is 0 Å². The fourth-order valence-electron chi connectivity index (χ4n) is 4.05. The minimum atomic E-state index is -1.66. The van der Waals surface area contributed by atoms with Gasteiger partial charge in [-0.3, -0.25) is 9.36 Å². The molecule has 1 aliphatic heterocycles. The van der Waals surface area contributed by atoms with Crippen molar-refractivity contribution in [2.45, 2.75) is 38.0 Å². The summed E-state index contributed by atoms with van der Waals surface area (Å²) < 4.78 is 28.5. The van der Waals surface area contributed by atoms with Crippen LogP contribution in [0, 0.1) is 0 Å². The average molecular weight is 475 g/mol. The van der Waals surface area contributed by atoms with Crippen LogP contribution in [-0.4, -0.2) is 49.8 Å². The molecule has 4 aromatic rings. The Morgan fingerprint density at radius 3 is 2.40 bits per heavy atom. The topological polar surface area (TPSA) is 108 Å². The number of hydrogen-bond acceptors (Lipinski definition) is 7. The lowest BCUT2D eigenvalue weighted by molar-refractivity contribution is -0.0296. The molecule has 1 amide bonds. The summed E-state index contributed by atoms with van der Waals surface area (Å²) in [6.45, 7) is 1.83. The second kappa shape index (κ2) is 9.59. The number of aromatic nitrogens is 4. The van der Waals surface area contributed by atoms with Crippen molar-refractivity contribution < 1.29 is 23.5 Å². The first-order valence-electron chi connectivity index (χ1n) is 11.2. The summed E-state index contributed by atoms with van der Waals surface area (Å²) in [7, 11) is 0. The van der Waals surface area contributed by atoms with Crippen LogP contribution in [0.5, 0.6) is 0 Å². The van der Waals surface area contributed by atoms with Gasteiger partial charge in [-0.1, -0.05) is 43.3 Å². The standard InChI is InChI=1S/C25H22FN5O4/c1-2-17-20(35-25(33)16-11-7-4-8-12-16)18(26)24(34-17)31-14-29-19-21(27-13-28-22(19)31)30-23(32)15-9-5-3-6-10-15/h3-14,17-18,20,24H,2H2,1H3,(H,27,28,30,32)/t17-,18+,20-,24-/m1/s1. The number of carbonyl (C=O) groups is 2. The van der Waals surface area contributed by atoms with E-state index in [2.05, 4.69) is 20.3 Å². The molecule has 10 heteroatoms. The summed E-state index contributed by atoms with van der Waals surface area (Å²) in [5.74, 6) is -0.792. The lowest BCUT2D eigenvalue weighted by Gasteiger charge is -2.18. The van der Waals surface area contributed by atoms with Gasteiger partial charge in [-0.2, -0.15) is 0 Å². The van der Waals surface area contributed by atoms with Gasteiger partial charge in [0, 0.05) is 5.56 Å². The molecule has 3 heterocycles. The number of nitrogens with zero attached hydrogens (tertiary/aromatic N) is 4. The molecule has 0 spiro atoms. The highest BCUT2D eigenvalue weighted by Gasteiger charge is 2.48. The van der Waals surface area contributed by atoms with Crippen molar-refractivity contribution in [1.29, 1.82) is 0 Å². The smallest absolute Gasteiger partial charge is 0.338 e.